The molecule has 3 rings (SSSR count). The molecule has 0 aliphatic carbocycles. The highest BCUT2D eigenvalue weighted by Crippen LogP contribution is 2.28. The summed E-state index contributed by atoms with van der Waals surface area (Å²) in [5.74, 6) is 0.703. The first-order valence-corrected chi connectivity index (χ1v) is 8.16. The Balaban J connectivity index is 1.89. The normalized spacial score (nSPS) is 11.0. The van der Waals surface area contributed by atoms with Gasteiger partial charge in [-0.25, -0.2) is 0 Å². The van der Waals surface area contributed by atoms with Gasteiger partial charge >= 0.3 is 0 Å². The van der Waals surface area contributed by atoms with E-state index in [0.717, 1.165) is 16.7 Å². The van der Waals surface area contributed by atoms with Crippen LogP contribution < -0.4 is 10.1 Å². The van der Waals surface area contributed by atoms with Crippen LogP contribution in [0, 0.1) is 0 Å². The van der Waals surface area contributed by atoms with E-state index in [0.29, 0.717) is 17.9 Å². The predicted molar refractivity (Wildman–Crippen MR) is 97.1 cm³/mol. The summed E-state index contributed by atoms with van der Waals surface area (Å²) in [5.41, 5.74) is 2.10. The van der Waals surface area contributed by atoms with Crippen LogP contribution in [0.3, 0.4) is 0 Å². The second kappa shape index (κ2) is 7.40. The molecule has 3 aromatic rings. The Hall–Kier alpha value is -2.79. The number of para-hydroxylation sites is 1. The largest absolute Gasteiger partial charge is 0.497 e. The Bertz CT molecular complexity index is 865. The average molecular weight is 339 g/mol. The van der Waals surface area contributed by atoms with Crippen LogP contribution in [0.15, 0.2) is 52.9 Å². The topological polar surface area (TPSA) is 60.7 Å². The van der Waals surface area contributed by atoms with Crippen molar-refractivity contribution in [1.29, 1.82) is 0 Å². The van der Waals surface area contributed by atoms with Gasteiger partial charge in [-0.15, -0.1) is 0 Å². The van der Waals surface area contributed by atoms with Crippen LogP contribution in [0.2, 0.25) is 0 Å². The third kappa shape index (κ3) is 3.83. The van der Waals surface area contributed by atoms with E-state index in [2.05, 4.69) is 5.32 Å². The molecule has 0 saturated carbocycles. The maximum Gasteiger partial charge on any atom is 0.291 e. The highest BCUT2D eigenvalue weighted by Gasteiger charge is 2.21. The van der Waals surface area contributed by atoms with Crippen LogP contribution in [0.25, 0.3) is 11.0 Å². The fourth-order valence-electron chi connectivity index (χ4n) is 2.54. The van der Waals surface area contributed by atoms with Crippen molar-refractivity contribution in [3.05, 3.63) is 59.9 Å². The lowest BCUT2D eigenvalue weighted by Gasteiger charge is -2.09. The van der Waals surface area contributed by atoms with Gasteiger partial charge in [0.2, 0.25) is 0 Å². The van der Waals surface area contributed by atoms with Gasteiger partial charge in [0.1, 0.15) is 11.3 Å². The smallest absolute Gasteiger partial charge is 0.291 e. The molecule has 2 aromatic carbocycles. The Labute approximate surface area is 146 Å². The van der Waals surface area contributed by atoms with Gasteiger partial charge in [0.25, 0.3) is 5.91 Å². The monoisotopic (exact) mass is 339 g/mol. The van der Waals surface area contributed by atoms with Crippen molar-refractivity contribution in [3.8, 4) is 5.75 Å². The minimum atomic E-state index is -0.302. The van der Waals surface area contributed by atoms with Crippen LogP contribution in [-0.4, -0.2) is 19.1 Å². The number of furan rings is 1. The van der Waals surface area contributed by atoms with E-state index >= 15 is 0 Å². The number of rotatable bonds is 6. The highest BCUT2D eigenvalue weighted by atomic mass is 16.5. The number of hydrogen-bond acceptors (Lipinski definition) is 4. The fourth-order valence-corrected chi connectivity index (χ4v) is 2.54. The molecule has 1 heterocycles. The summed E-state index contributed by atoms with van der Waals surface area (Å²) in [4.78, 5) is 12.7. The third-order valence-electron chi connectivity index (χ3n) is 3.81. The van der Waals surface area contributed by atoms with Gasteiger partial charge < -0.3 is 19.2 Å². The van der Waals surface area contributed by atoms with E-state index in [1.807, 2.05) is 38.1 Å². The summed E-state index contributed by atoms with van der Waals surface area (Å²) in [6.07, 6.45) is 0.0613. The van der Waals surface area contributed by atoms with Gasteiger partial charge in [0, 0.05) is 16.6 Å². The van der Waals surface area contributed by atoms with Crippen molar-refractivity contribution < 1.29 is 18.7 Å². The number of carbonyl (C=O) groups excluding carboxylic acids is 1. The van der Waals surface area contributed by atoms with Crippen molar-refractivity contribution in [1.82, 2.24) is 0 Å². The summed E-state index contributed by atoms with van der Waals surface area (Å²) >= 11 is 0. The lowest BCUT2D eigenvalue weighted by atomic mass is 10.1. The minimum absolute atomic E-state index is 0.0613. The lowest BCUT2D eigenvalue weighted by molar-refractivity contribution is 0.0648. The molecule has 25 heavy (non-hydrogen) atoms. The molecule has 0 atom stereocenters. The Morgan fingerprint density at radius 3 is 2.52 bits per heavy atom. The van der Waals surface area contributed by atoms with Crippen molar-refractivity contribution in [2.75, 3.05) is 12.4 Å². The number of amides is 1. The predicted octanol–water partition coefficient (Wildman–Crippen LogP) is 4.62. The summed E-state index contributed by atoms with van der Waals surface area (Å²) in [5, 5.41) is 3.75. The molecule has 0 spiro atoms. The first kappa shape index (κ1) is 17.0. The van der Waals surface area contributed by atoms with Crippen LogP contribution in [0.1, 0.15) is 30.0 Å². The summed E-state index contributed by atoms with van der Waals surface area (Å²) < 4.78 is 16.6. The van der Waals surface area contributed by atoms with Crippen LogP contribution in [0.4, 0.5) is 5.69 Å². The number of nitrogens with one attached hydrogen (secondary N) is 1. The zero-order valence-corrected chi connectivity index (χ0v) is 14.5. The number of hydrogen-bond donors (Lipinski definition) is 1. The lowest BCUT2D eigenvalue weighted by Crippen LogP contribution is -2.14. The zero-order valence-electron chi connectivity index (χ0n) is 14.5. The van der Waals surface area contributed by atoms with E-state index in [1.165, 1.54) is 0 Å². The van der Waals surface area contributed by atoms with Gasteiger partial charge in [-0.2, -0.15) is 0 Å². The Morgan fingerprint density at radius 1 is 1.12 bits per heavy atom. The molecule has 0 unspecified atom stereocenters. The van der Waals surface area contributed by atoms with Gasteiger partial charge in [-0.3, -0.25) is 4.79 Å². The van der Waals surface area contributed by atoms with Gasteiger partial charge in [-0.05, 0) is 44.2 Å². The van der Waals surface area contributed by atoms with E-state index in [-0.39, 0.29) is 17.8 Å². The molecule has 130 valence electrons. The molecule has 5 heteroatoms. The van der Waals surface area contributed by atoms with Crippen molar-refractivity contribution in [3.63, 3.8) is 0 Å². The van der Waals surface area contributed by atoms with Gasteiger partial charge in [0.15, 0.2) is 5.76 Å². The number of methoxy groups -OCH3 is 1. The van der Waals surface area contributed by atoms with Crippen molar-refractivity contribution in [2.45, 2.75) is 26.6 Å². The molecule has 0 bridgehead atoms. The maximum atomic E-state index is 12.7. The number of benzene rings is 2. The Kier molecular flexibility index (Phi) is 5.05. The summed E-state index contributed by atoms with van der Waals surface area (Å²) in [6.45, 7) is 4.23. The van der Waals surface area contributed by atoms with E-state index in [9.17, 15) is 4.79 Å². The number of anilines is 1. The van der Waals surface area contributed by atoms with E-state index in [4.69, 9.17) is 13.9 Å². The Morgan fingerprint density at radius 2 is 1.84 bits per heavy atom. The summed E-state index contributed by atoms with van der Waals surface area (Å²) in [7, 11) is 1.60. The summed E-state index contributed by atoms with van der Waals surface area (Å²) in [6, 6.07) is 14.7. The standard InChI is InChI=1S/C20H21NO4/c1-13(2)24-12-17-16-6-4-5-7-18(16)25-19(17)20(22)21-14-8-10-15(23-3)11-9-14/h4-11,13H,12H2,1-3H3,(H,21,22). The quantitative estimate of drug-likeness (QED) is 0.712. The van der Waals surface area contributed by atoms with E-state index in [1.54, 1.807) is 31.4 Å². The molecule has 0 saturated heterocycles. The molecule has 0 fully saturated rings. The van der Waals surface area contributed by atoms with Gasteiger partial charge in [0.05, 0.1) is 19.8 Å². The molecule has 0 aliphatic rings. The second-order valence-electron chi connectivity index (χ2n) is 5.95. The highest BCUT2D eigenvalue weighted by molar-refractivity contribution is 6.06. The van der Waals surface area contributed by atoms with Crippen LogP contribution in [-0.2, 0) is 11.3 Å². The number of fused-ring (bicyclic) bond motifs is 1. The maximum absolute atomic E-state index is 12.7. The first-order valence-electron chi connectivity index (χ1n) is 8.16. The zero-order chi connectivity index (χ0) is 17.8. The molecule has 0 radical (unpaired) electrons. The van der Waals surface area contributed by atoms with Crippen molar-refractivity contribution in [2.24, 2.45) is 0 Å². The number of ether oxygens (including phenoxy) is 2. The van der Waals surface area contributed by atoms with E-state index < -0.39 is 0 Å². The fraction of sp³-hybridized carbons (Fsp3) is 0.250. The molecule has 1 amide bonds. The van der Waals surface area contributed by atoms with Crippen LogP contribution in [0.5, 0.6) is 5.75 Å². The SMILES string of the molecule is COc1ccc(NC(=O)c2oc3ccccc3c2COC(C)C)cc1. The van der Waals surface area contributed by atoms with Gasteiger partial charge in [-0.1, -0.05) is 18.2 Å². The molecule has 5 nitrogen and oxygen atoms in total. The minimum Gasteiger partial charge on any atom is -0.497 e. The van der Waals surface area contributed by atoms with Crippen LogP contribution >= 0.6 is 0 Å². The number of carbonyl (C=O) groups is 1. The molecule has 1 aromatic heterocycles. The molecular formula is C20H21NO4. The van der Waals surface area contributed by atoms with Crippen molar-refractivity contribution >= 4 is 22.6 Å². The first-order chi connectivity index (χ1) is 12.1. The molecule has 1 N–H and O–H groups in total. The average Bonchev–Trinajstić information content (AvgIpc) is 2.99. The molecule has 0 aliphatic heterocycles. The second-order valence-corrected chi connectivity index (χ2v) is 5.95. The third-order valence-corrected chi connectivity index (χ3v) is 3.81. The molecular weight excluding hydrogens is 318 g/mol.